The lowest BCUT2D eigenvalue weighted by Crippen LogP contribution is -2.48. The summed E-state index contributed by atoms with van der Waals surface area (Å²) in [7, 11) is 7.25. The number of rotatable bonds is 17. The minimum Gasteiger partial charge on any atom is -0.489 e. The van der Waals surface area contributed by atoms with Gasteiger partial charge in [0.1, 0.15) is 11.9 Å². The van der Waals surface area contributed by atoms with Crippen LogP contribution in [-0.2, 0) is 56.6 Å². The number of aliphatic carboxylic acids is 1. The van der Waals surface area contributed by atoms with E-state index in [0.717, 1.165) is 136 Å². The third-order valence-corrected chi connectivity index (χ3v) is 23.6. The number of benzene rings is 9. The second kappa shape index (κ2) is 38.5. The van der Waals surface area contributed by atoms with E-state index in [0.29, 0.717) is 28.4 Å². The van der Waals surface area contributed by atoms with Crippen LogP contribution in [0, 0.1) is 34.6 Å². The summed E-state index contributed by atoms with van der Waals surface area (Å²) in [5.74, 6) is -4.65. The number of aromatic amines is 1. The van der Waals surface area contributed by atoms with E-state index in [2.05, 4.69) is 126 Å². The molecule has 1 saturated carbocycles. The quantitative estimate of drug-likeness (QED) is 0.0285. The number of carbonyl (C=O) groups is 6. The van der Waals surface area contributed by atoms with Crippen LogP contribution < -0.4 is 15.5 Å². The SMILES string of the molecule is CCOC(=O)C(=O)c1ccc(B2OC(C)(C)C(C)(C)O2)cc1.Cc1[nH]nc2cc(Br)ccc12.Cc1c2ccc(Br)cc2nn1C.Cc1nn(C)c2cc(-c3ccc(C(=O)C(=O)N[C@H](CN4CCCC4)[C@H](O)c4ccc(OC5CC5)c(Cl)c4)cc3)ccc12.Cc1nn(C)c2cc(-c3ccc(C(=O)C(=O)O)cc3)ccc12.Cc1nn(C)c2cc(Br)ccc12. The fourth-order valence-corrected chi connectivity index (χ4v) is 15.4. The third kappa shape index (κ3) is 21.4. The Morgan fingerprint density at radius 2 is 1.01 bits per heavy atom. The van der Waals surface area contributed by atoms with Crippen LogP contribution in [0.1, 0.15) is 132 Å². The fraction of sp³-hybridized carbons (Fsp3) is 0.293. The molecular weight excluding hydrogens is 1750 g/mol. The Bertz CT molecular complexity index is 6170. The molecule has 1 aliphatic carbocycles. The Kier molecular flexibility index (Phi) is 28.5. The van der Waals surface area contributed by atoms with Gasteiger partial charge in [0.2, 0.25) is 5.78 Å². The van der Waals surface area contributed by atoms with Crippen molar-refractivity contribution in [2.45, 2.75) is 124 Å². The van der Waals surface area contributed by atoms with Gasteiger partial charge in [-0.05, 0) is 220 Å². The highest BCUT2D eigenvalue weighted by molar-refractivity contribution is 9.11. The number of aromatic nitrogens is 10. The standard InChI is InChI=1S/C33H35ClN4O4.C17H14N2O3.C16H21BO5.2C9H9BrN2.C8H7BrN2/c1-20-26-13-9-23(18-29(26)37(2)36-20)21-5-7-22(8-6-21)32(40)33(41)35-28(19-38-15-3-4-16-38)31(39)24-10-14-30(27(34)17-24)42-25-11-12-25;1-10-14-8-7-13(9-15(14)19(2)18-10)11-3-5-12(6-4-11)16(20)17(21)22;1-6-20-14(19)13(18)11-7-9-12(10-8-11)17-21-15(2,3)16(4,5)22-17;1-6-8-4-3-7(10)5-9(8)11-12(6)2;1-6-8-4-3-7(10)5-9(8)12(2)11-6;1-5-7-3-2-6(9)4-8(7)11-10-5/h5-10,13-14,17-18,25,28,31,39H,3-4,11-12,15-16,19H2,1-2H3,(H,35,41);3-9H,1-2H3,(H,21,22);7-10H,6H2,1-5H3;2*3-5H,1-2H3;2-4H,1H3,(H,10,11)/t28-,31-;;;;;/m1...../s1. The van der Waals surface area contributed by atoms with Crippen LogP contribution in [0.5, 0.6) is 5.75 Å². The number of ether oxygens (including phenoxy) is 2. The van der Waals surface area contributed by atoms with Crippen molar-refractivity contribution in [3.8, 4) is 28.0 Å². The normalized spacial score (nSPS) is 14.4. The molecule has 3 aliphatic rings. The number of carboxylic acid groups (broad SMARTS) is 1. The smallest absolute Gasteiger partial charge is 0.489 e. The van der Waals surface area contributed by atoms with E-state index in [1.54, 1.807) is 73.7 Å². The number of carbonyl (C=O) groups excluding carboxylic acids is 5. The molecule has 17 rings (SSSR count). The average molecular weight is 1850 g/mol. The lowest BCUT2D eigenvalue weighted by Gasteiger charge is -2.32. The summed E-state index contributed by atoms with van der Waals surface area (Å²) < 4.78 is 33.1. The molecule has 5 aromatic heterocycles. The first kappa shape index (κ1) is 89.4. The molecule has 2 saturated heterocycles. The summed E-state index contributed by atoms with van der Waals surface area (Å²) in [4.78, 5) is 74.0. The molecule has 0 spiro atoms. The lowest BCUT2D eigenvalue weighted by molar-refractivity contribution is -0.137. The maximum absolute atomic E-state index is 13.2. The van der Waals surface area contributed by atoms with Crippen molar-refractivity contribution < 1.29 is 57.8 Å². The van der Waals surface area contributed by atoms with E-state index in [4.69, 9.17) is 35.5 Å². The number of aryl methyl sites for hydroxylation is 9. The number of nitrogens with one attached hydrogen (secondary N) is 2. The minimum atomic E-state index is -1.44. The summed E-state index contributed by atoms with van der Waals surface area (Å²) in [6, 6.07) is 55.3. The Labute approximate surface area is 731 Å². The van der Waals surface area contributed by atoms with Crippen molar-refractivity contribution in [2.75, 3.05) is 26.2 Å². The molecule has 121 heavy (non-hydrogen) atoms. The zero-order valence-electron chi connectivity index (χ0n) is 69.7. The highest BCUT2D eigenvalue weighted by Crippen LogP contribution is 2.38. The van der Waals surface area contributed by atoms with E-state index < -0.39 is 65.7 Å². The Balaban J connectivity index is 0.000000144. The number of esters is 1. The van der Waals surface area contributed by atoms with Crippen LogP contribution in [0.25, 0.3) is 76.8 Å². The molecule has 0 radical (unpaired) electrons. The molecule has 9 aromatic carbocycles. The Hall–Kier alpha value is -10.8. The van der Waals surface area contributed by atoms with E-state index in [9.17, 15) is 33.9 Å². The number of carboxylic acids is 1. The maximum Gasteiger partial charge on any atom is 0.494 e. The number of hydrogen-bond donors (Lipinski definition) is 4. The number of hydrogen-bond acceptors (Lipinski definition) is 17. The predicted molar refractivity (Wildman–Crippen MR) is 484 cm³/mol. The lowest BCUT2D eigenvalue weighted by atomic mass is 9.78. The number of halogens is 4. The first-order chi connectivity index (χ1) is 57.5. The van der Waals surface area contributed by atoms with Gasteiger partial charge in [0.05, 0.1) is 79.6 Å². The van der Waals surface area contributed by atoms with Gasteiger partial charge in [0.25, 0.3) is 17.5 Å². The van der Waals surface area contributed by atoms with Gasteiger partial charge in [0.15, 0.2) is 0 Å². The van der Waals surface area contributed by atoms with Crippen LogP contribution in [0.15, 0.2) is 195 Å². The van der Waals surface area contributed by atoms with Gasteiger partial charge in [-0.3, -0.25) is 43.0 Å². The zero-order valence-corrected chi connectivity index (χ0v) is 75.3. The van der Waals surface area contributed by atoms with Gasteiger partial charge in [-0.1, -0.05) is 163 Å². The molecule has 29 heteroatoms. The predicted octanol–water partition coefficient (Wildman–Crippen LogP) is 17.7. The summed E-state index contributed by atoms with van der Waals surface area (Å²) in [5, 5.41) is 53.8. The first-order valence-electron chi connectivity index (χ1n) is 39.6. The fourth-order valence-electron chi connectivity index (χ4n) is 14.1. The van der Waals surface area contributed by atoms with E-state index in [1.807, 2.05) is 175 Å². The molecule has 14 aromatic rings. The number of H-pyrrole nitrogens is 1. The van der Waals surface area contributed by atoms with Crippen LogP contribution in [0.4, 0.5) is 0 Å². The first-order valence-corrected chi connectivity index (χ1v) is 42.3. The molecular formula is C92H95BBr3ClN12O12. The van der Waals surface area contributed by atoms with Crippen LogP contribution in [0.2, 0.25) is 5.02 Å². The number of aliphatic hydroxyl groups is 1. The molecule has 0 unspecified atom stereocenters. The van der Waals surface area contributed by atoms with E-state index in [1.165, 1.54) is 39.5 Å². The van der Waals surface area contributed by atoms with Crippen molar-refractivity contribution in [1.29, 1.82) is 0 Å². The highest BCUT2D eigenvalue weighted by Gasteiger charge is 2.52. The molecule has 4 N–H and O–H groups in total. The summed E-state index contributed by atoms with van der Waals surface area (Å²) in [6.45, 7) is 22.0. The number of nitrogens with zero attached hydrogens (tertiary/aromatic N) is 10. The monoisotopic (exact) mass is 1840 g/mol. The number of aliphatic hydroxyl groups excluding tert-OH is 1. The topological polar surface area (TPSA) is 295 Å². The Morgan fingerprint density at radius 3 is 1.51 bits per heavy atom. The van der Waals surface area contributed by atoms with Crippen molar-refractivity contribution in [3.63, 3.8) is 0 Å². The van der Waals surface area contributed by atoms with Gasteiger partial charge >= 0.3 is 19.1 Å². The van der Waals surface area contributed by atoms with Crippen molar-refractivity contribution >= 4 is 162 Å². The number of Topliss-reactive ketones (excluding diaryl/α,β-unsaturated/α-hetero) is 3. The van der Waals surface area contributed by atoms with Gasteiger partial charge in [-0.2, -0.15) is 25.5 Å². The summed E-state index contributed by atoms with van der Waals surface area (Å²) >= 11 is 16.7. The molecule has 626 valence electrons. The van der Waals surface area contributed by atoms with Crippen molar-refractivity contribution in [3.05, 3.63) is 251 Å². The van der Waals surface area contributed by atoms with Gasteiger partial charge in [0, 0.05) is 103 Å². The molecule has 2 aliphatic heterocycles. The number of ketones is 3. The van der Waals surface area contributed by atoms with Gasteiger partial charge < -0.3 is 39.2 Å². The van der Waals surface area contributed by atoms with E-state index in [-0.39, 0.29) is 23.8 Å². The number of amides is 1. The van der Waals surface area contributed by atoms with Gasteiger partial charge in [-0.25, -0.2) is 9.59 Å². The van der Waals surface area contributed by atoms with Crippen molar-refractivity contribution in [1.82, 2.24) is 59.5 Å². The summed E-state index contributed by atoms with van der Waals surface area (Å²) in [6.07, 6.45) is 3.31. The minimum absolute atomic E-state index is 0.175. The van der Waals surface area contributed by atoms with Crippen LogP contribution in [-0.4, -0.2) is 156 Å². The molecule has 0 bridgehead atoms. The Morgan fingerprint density at radius 1 is 0.554 bits per heavy atom. The van der Waals surface area contributed by atoms with Crippen LogP contribution in [0.3, 0.4) is 0 Å². The zero-order chi connectivity index (χ0) is 87.1. The highest BCUT2D eigenvalue weighted by atomic mass is 79.9. The van der Waals surface area contributed by atoms with Gasteiger partial charge in [-0.15, -0.1) is 0 Å². The van der Waals surface area contributed by atoms with E-state index >= 15 is 0 Å². The number of fused-ring (bicyclic) bond motifs is 5. The molecule has 2 atom stereocenters. The van der Waals surface area contributed by atoms with Crippen molar-refractivity contribution in [2.24, 2.45) is 28.2 Å². The third-order valence-electron chi connectivity index (χ3n) is 21.9. The maximum atomic E-state index is 13.2. The molecule has 24 nitrogen and oxygen atoms in total. The summed E-state index contributed by atoms with van der Waals surface area (Å²) in [5.41, 5.74) is 15.8. The second-order valence-corrected chi connectivity index (χ2v) is 34.2. The second-order valence-electron chi connectivity index (χ2n) is 31.1. The largest absolute Gasteiger partial charge is 0.494 e. The van der Waals surface area contributed by atoms with Crippen LogP contribution >= 0.6 is 59.4 Å². The average Bonchev–Trinajstić information content (AvgIpc) is 1.63. The number of likely N-dealkylation sites (tertiary alicyclic amines) is 1. The molecule has 1 amide bonds. The molecule has 7 heterocycles. The molecule has 3 fully saturated rings.